The summed E-state index contributed by atoms with van der Waals surface area (Å²) in [7, 11) is 0. The van der Waals surface area contributed by atoms with E-state index >= 15 is 0 Å². The molecule has 3 aliphatic rings. The number of carbonyl (C=O) groups excluding carboxylic acids is 1. The zero-order valence-electron chi connectivity index (χ0n) is 24.3. The minimum Gasteiger partial charge on any atom is -0.433 e. The number of hydrogen-bond acceptors (Lipinski definition) is 8. The highest BCUT2D eigenvalue weighted by atomic mass is 35.5. The first kappa shape index (κ1) is 28.6. The van der Waals surface area contributed by atoms with Gasteiger partial charge in [0.1, 0.15) is 5.69 Å². The number of carbonyl (C=O) groups is 1. The number of ether oxygens (including phenoxy) is 1. The third-order valence-electron chi connectivity index (χ3n) is 8.44. The molecule has 5 rings (SSSR count). The van der Waals surface area contributed by atoms with Gasteiger partial charge in [0.25, 0.3) is 17.7 Å². The number of piperidine rings is 1. The number of aromatic nitrogens is 1. The molecule has 2 fully saturated rings. The lowest BCUT2D eigenvalue weighted by molar-refractivity contribution is 0.0340. The summed E-state index contributed by atoms with van der Waals surface area (Å²) >= 11 is 6.01. The number of hydrogen-bond donors (Lipinski definition) is 2. The summed E-state index contributed by atoms with van der Waals surface area (Å²) in [6, 6.07) is 12.7. The van der Waals surface area contributed by atoms with Gasteiger partial charge >= 0.3 is 0 Å². The van der Waals surface area contributed by atoms with Crippen molar-refractivity contribution in [3.05, 3.63) is 58.4 Å². The Hall–Kier alpha value is -2.88. The summed E-state index contributed by atoms with van der Waals surface area (Å²) in [4.78, 5) is 25.1. The van der Waals surface area contributed by atoms with Gasteiger partial charge in [0, 0.05) is 61.8 Å². The molecule has 2 N–H and O–H groups in total. The molecule has 0 bridgehead atoms. The summed E-state index contributed by atoms with van der Waals surface area (Å²) in [6.07, 6.45) is 3.08. The van der Waals surface area contributed by atoms with E-state index in [0.717, 1.165) is 63.4 Å². The Morgan fingerprint density at radius 2 is 1.88 bits per heavy atom. The topological polar surface area (TPSA) is 85.3 Å². The first-order valence-corrected chi connectivity index (χ1v) is 14.9. The van der Waals surface area contributed by atoms with Crippen molar-refractivity contribution in [2.24, 2.45) is 5.10 Å². The molecule has 216 valence electrons. The monoisotopic (exact) mass is 567 g/mol. The van der Waals surface area contributed by atoms with E-state index in [9.17, 15) is 4.79 Å². The molecule has 4 heterocycles. The van der Waals surface area contributed by atoms with Crippen molar-refractivity contribution >= 4 is 29.1 Å². The van der Waals surface area contributed by atoms with Crippen LogP contribution >= 0.6 is 11.6 Å². The Balaban J connectivity index is 1.22. The van der Waals surface area contributed by atoms with Crippen LogP contribution in [-0.2, 0) is 4.74 Å². The van der Waals surface area contributed by atoms with E-state index in [4.69, 9.17) is 21.3 Å². The van der Waals surface area contributed by atoms with Crippen LogP contribution in [-0.4, -0.2) is 83.3 Å². The maximum atomic E-state index is 13.0. The second-order valence-electron chi connectivity index (χ2n) is 11.3. The number of hydrazone groups is 1. The number of amides is 1. The number of aryl methyl sites for hydroxylation is 1. The van der Waals surface area contributed by atoms with Crippen LogP contribution < -0.4 is 15.6 Å². The molecule has 2 aromatic rings. The Kier molecular flexibility index (Phi) is 8.54. The molecule has 9 nitrogen and oxygen atoms in total. The zero-order valence-corrected chi connectivity index (χ0v) is 25.0. The molecule has 2 saturated heterocycles. The maximum absolute atomic E-state index is 13.0. The zero-order chi connectivity index (χ0) is 28.4. The van der Waals surface area contributed by atoms with Gasteiger partial charge < -0.3 is 14.5 Å². The lowest BCUT2D eigenvalue weighted by atomic mass is 9.95. The Morgan fingerprint density at radius 1 is 1.15 bits per heavy atom. The van der Waals surface area contributed by atoms with Crippen molar-refractivity contribution in [2.45, 2.75) is 77.9 Å². The summed E-state index contributed by atoms with van der Waals surface area (Å²) in [5.41, 5.74) is 6.61. The van der Waals surface area contributed by atoms with Gasteiger partial charge in [-0.15, -0.1) is 5.10 Å². The maximum Gasteiger partial charge on any atom is 0.260 e. The van der Waals surface area contributed by atoms with Crippen molar-refractivity contribution in [2.75, 3.05) is 37.6 Å². The van der Waals surface area contributed by atoms with Crippen molar-refractivity contribution in [1.82, 2.24) is 25.5 Å². The van der Waals surface area contributed by atoms with Crippen LogP contribution in [0, 0.1) is 6.92 Å². The SMILES string of the molecule is CCNC1(C)NN=C(c2ccc(N3C[C@H](CC)N(C4CCN(C(=O)c5ccc(Cl)cc5)CC4)C[C@H]3C)c(C)n2)O1. The van der Waals surface area contributed by atoms with E-state index in [1.54, 1.807) is 12.1 Å². The number of rotatable bonds is 7. The number of anilines is 1. The van der Waals surface area contributed by atoms with Gasteiger partial charge in [-0.3, -0.25) is 20.4 Å². The molecular weight excluding hydrogens is 526 g/mol. The van der Waals surface area contributed by atoms with E-state index in [1.165, 1.54) is 5.69 Å². The average molecular weight is 568 g/mol. The molecule has 0 saturated carbocycles. The second kappa shape index (κ2) is 11.9. The summed E-state index contributed by atoms with van der Waals surface area (Å²) in [5.74, 6) is -0.109. The summed E-state index contributed by atoms with van der Waals surface area (Å²) < 4.78 is 6.02. The van der Waals surface area contributed by atoms with Gasteiger partial charge in [-0.25, -0.2) is 4.98 Å². The fraction of sp³-hybridized carbons (Fsp3) is 0.567. The predicted octanol–water partition coefficient (Wildman–Crippen LogP) is 4.20. The Bertz CT molecular complexity index is 1230. The van der Waals surface area contributed by atoms with E-state index in [-0.39, 0.29) is 5.91 Å². The number of likely N-dealkylation sites (tertiary alicyclic amines) is 1. The van der Waals surface area contributed by atoms with E-state index in [1.807, 2.05) is 36.9 Å². The lowest BCUT2D eigenvalue weighted by Crippen LogP contribution is -2.61. The minimum absolute atomic E-state index is 0.0998. The highest BCUT2D eigenvalue weighted by molar-refractivity contribution is 6.30. The minimum atomic E-state index is -0.711. The summed E-state index contributed by atoms with van der Waals surface area (Å²) in [6.45, 7) is 14.9. The Morgan fingerprint density at radius 3 is 2.52 bits per heavy atom. The molecule has 1 aromatic heterocycles. The van der Waals surface area contributed by atoms with Crippen LogP contribution in [0.4, 0.5) is 5.69 Å². The normalized spacial score (nSPS) is 25.9. The van der Waals surface area contributed by atoms with Gasteiger partial charge in [-0.05, 0) is 76.1 Å². The molecule has 1 amide bonds. The lowest BCUT2D eigenvalue weighted by Gasteiger charge is -2.51. The molecule has 40 heavy (non-hydrogen) atoms. The van der Waals surface area contributed by atoms with Crippen molar-refractivity contribution in [3.8, 4) is 0 Å². The number of nitrogens with one attached hydrogen (secondary N) is 2. The molecule has 3 aliphatic heterocycles. The quantitative estimate of drug-likeness (QED) is 0.518. The van der Waals surface area contributed by atoms with Gasteiger partial charge in [0.05, 0.1) is 11.4 Å². The molecule has 0 spiro atoms. The van der Waals surface area contributed by atoms with Crippen molar-refractivity contribution in [3.63, 3.8) is 0 Å². The predicted molar refractivity (Wildman–Crippen MR) is 160 cm³/mol. The molecule has 0 aliphatic carbocycles. The largest absolute Gasteiger partial charge is 0.433 e. The number of halogens is 1. The third-order valence-corrected chi connectivity index (χ3v) is 8.69. The van der Waals surface area contributed by atoms with Crippen LogP contribution in [0.15, 0.2) is 41.5 Å². The fourth-order valence-electron chi connectivity index (χ4n) is 6.28. The number of pyridine rings is 1. The fourth-order valence-corrected chi connectivity index (χ4v) is 6.41. The van der Waals surface area contributed by atoms with Crippen molar-refractivity contribution < 1.29 is 9.53 Å². The van der Waals surface area contributed by atoms with E-state index in [2.05, 4.69) is 52.5 Å². The smallest absolute Gasteiger partial charge is 0.260 e. The first-order chi connectivity index (χ1) is 19.2. The second-order valence-corrected chi connectivity index (χ2v) is 11.7. The molecule has 10 heteroatoms. The molecular formula is C30H42ClN7O2. The van der Waals surface area contributed by atoms with Crippen LogP contribution in [0.25, 0.3) is 0 Å². The van der Waals surface area contributed by atoms with Crippen LogP contribution in [0.2, 0.25) is 5.02 Å². The van der Waals surface area contributed by atoms with Crippen molar-refractivity contribution in [1.29, 1.82) is 0 Å². The Labute approximate surface area is 242 Å². The summed E-state index contributed by atoms with van der Waals surface area (Å²) in [5, 5.41) is 8.27. The number of benzene rings is 1. The number of piperazine rings is 1. The first-order valence-electron chi connectivity index (χ1n) is 14.6. The van der Waals surface area contributed by atoms with Crippen LogP contribution in [0.5, 0.6) is 0 Å². The van der Waals surface area contributed by atoms with Gasteiger partial charge in [0.2, 0.25) is 0 Å². The van der Waals surface area contributed by atoms with Crippen LogP contribution in [0.3, 0.4) is 0 Å². The van der Waals surface area contributed by atoms with Gasteiger partial charge in [-0.1, -0.05) is 25.4 Å². The highest BCUT2D eigenvalue weighted by Crippen LogP contribution is 2.31. The van der Waals surface area contributed by atoms with Gasteiger partial charge in [-0.2, -0.15) is 0 Å². The van der Waals surface area contributed by atoms with E-state index in [0.29, 0.717) is 34.6 Å². The van der Waals surface area contributed by atoms with Gasteiger partial charge in [0.15, 0.2) is 0 Å². The molecule has 0 radical (unpaired) electrons. The van der Waals surface area contributed by atoms with E-state index < -0.39 is 5.85 Å². The third kappa shape index (κ3) is 5.92. The number of nitrogens with zero attached hydrogens (tertiary/aromatic N) is 5. The molecule has 3 atom stereocenters. The molecule has 1 aromatic carbocycles. The van der Waals surface area contributed by atoms with Crippen LogP contribution in [0.1, 0.15) is 68.7 Å². The average Bonchev–Trinajstić information content (AvgIpc) is 3.35. The standard InChI is InChI=1S/C30H42ClN7O2/c1-6-24-19-37(27-13-12-26(33-21(27)4)28-34-35-30(5,40-28)32-7-2)20(3)18-38(24)25-14-16-36(17-15-25)29(39)22-8-10-23(31)11-9-22/h8-13,20,24-25,32,35H,6-7,14-19H2,1-5H3/t20-,24+,30?/m1/s1. The molecule has 1 unspecified atom stereocenters. The highest BCUT2D eigenvalue weighted by Gasteiger charge is 2.38.